The molecule has 0 heterocycles. The van der Waals surface area contributed by atoms with Gasteiger partial charge in [-0.15, -0.1) is 0 Å². The van der Waals surface area contributed by atoms with E-state index in [1.165, 1.54) is 128 Å². The average molecular weight is 772 g/mol. The number of hydrogen-bond donors (Lipinski definition) is 2. The van der Waals surface area contributed by atoms with Gasteiger partial charge in [-0.2, -0.15) is 0 Å². The predicted octanol–water partition coefficient (Wildman–Crippen LogP) is 12.4. The Hall–Kier alpha value is -1.51. The Morgan fingerprint density at radius 3 is 1.42 bits per heavy atom. The van der Waals surface area contributed by atoms with E-state index in [0.29, 0.717) is 6.42 Å². The first-order chi connectivity index (χ1) is 25.8. The van der Waals surface area contributed by atoms with Crippen LogP contribution in [0.3, 0.4) is 0 Å². The highest BCUT2D eigenvalue weighted by Gasteiger charge is 2.25. The molecule has 0 fully saturated rings. The molecular weight excluding hydrogens is 689 g/mol. The third-order valence-corrected chi connectivity index (χ3v) is 10.3. The smallest absolute Gasteiger partial charge is 0.462 e. The van der Waals surface area contributed by atoms with E-state index in [4.69, 9.17) is 24.3 Å². The molecule has 10 heteroatoms. The molecule has 9 nitrogen and oxygen atoms in total. The highest BCUT2D eigenvalue weighted by Crippen LogP contribution is 2.43. The molecule has 1 unspecified atom stereocenters. The summed E-state index contributed by atoms with van der Waals surface area (Å²) in [6.07, 6.45) is 42.1. The van der Waals surface area contributed by atoms with E-state index in [1.54, 1.807) is 0 Å². The van der Waals surface area contributed by atoms with E-state index >= 15 is 0 Å². The van der Waals surface area contributed by atoms with Crippen molar-refractivity contribution in [2.75, 3.05) is 26.4 Å². The maximum Gasteiger partial charge on any atom is 0.472 e. The van der Waals surface area contributed by atoms with Crippen LogP contribution in [0.15, 0.2) is 24.3 Å². The number of nitrogens with two attached hydrogens (primary N) is 1. The second kappa shape index (κ2) is 40.2. The van der Waals surface area contributed by atoms with Gasteiger partial charge in [-0.05, 0) is 57.8 Å². The Balaban J connectivity index is 4.18. The van der Waals surface area contributed by atoms with Crippen LogP contribution in [0.4, 0.5) is 0 Å². The summed E-state index contributed by atoms with van der Waals surface area (Å²) in [5.74, 6) is -0.865. The summed E-state index contributed by atoms with van der Waals surface area (Å²) in [5, 5.41) is 0. The number of unbranched alkanes of at least 4 members (excludes halogenated alkanes) is 24. The van der Waals surface area contributed by atoms with Crippen LogP contribution in [-0.2, 0) is 32.7 Å². The van der Waals surface area contributed by atoms with Crippen LogP contribution in [0.5, 0.6) is 0 Å². The van der Waals surface area contributed by atoms with Gasteiger partial charge in [0.05, 0.1) is 13.2 Å². The second-order valence-corrected chi connectivity index (χ2v) is 16.0. The quantitative estimate of drug-likeness (QED) is 0.0269. The molecule has 53 heavy (non-hydrogen) atoms. The minimum Gasteiger partial charge on any atom is -0.462 e. The van der Waals surface area contributed by atoms with Gasteiger partial charge in [0.25, 0.3) is 0 Å². The first-order valence-electron chi connectivity index (χ1n) is 21.8. The standard InChI is InChI=1S/C43H82NO8P/c1-3-5-7-9-11-13-15-17-19-20-22-24-26-28-30-32-34-36-43(46)52-41(40-51-53(47,48)50-38-37-44)39-49-42(45)35-33-31-29-27-25-23-21-18-16-14-12-10-8-6-4-2/h17,19,28,30,41H,3-16,18,20-27,29,31-40,44H2,1-2H3,(H,47,48)/b19-17+,30-28-/t41-/m1/s1. The fourth-order valence-electron chi connectivity index (χ4n) is 6.04. The summed E-state index contributed by atoms with van der Waals surface area (Å²) >= 11 is 0. The minimum atomic E-state index is -4.38. The first kappa shape index (κ1) is 51.5. The molecule has 312 valence electrons. The highest BCUT2D eigenvalue weighted by molar-refractivity contribution is 7.47. The normalized spacial score (nSPS) is 13.5. The first-order valence-corrected chi connectivity index (χ1v) is 23.3. The Morgan fingerprint density at radius 1 is 0.547 bits per heavy atom. The summed E-state index contributed by atoms with van der Waals surface area (Å²) in [5.41, 5.74) is 5.34. The van der Waals surface area contributed by atoms with Gasteiger partial charge in [0.15, 0.2) is 6.10 Å². The van der Waals surface area contributed by atoms with E-state index in [-0.39, 0.29) is 38.6 Å². The van der Waals surface area contributed by atoms with Gasteiger partial charge >= 0.3 is 19.8 Å². The van der Waals surface area contributed by atoms with Crippen molar-refractivity contribution in [3.63, 3.8) is 0 Å². The van der Waals surface area contributed by atoms with Crippen molar-refractivity contribution in [2.45, 2.75) is 213 Å². The van der Waals surface area contributed by atoms with Crippen LogP contribution in [0.2, 0.25) is 0 Å². The molecule has 2 atom stereocenters. The zero-order valence-electron chi connectivity index (χ0n) is 34.3. The zero-order chi connectivity index (χ0) is 38.9. The Morgan fingerprint density at radius 2 is 0.943 bits per heavy atom. The van der Waals surface area contributed by atoms with Crippen LogP contribution in [0.1, 0.15) is 206 Å². The van der Waals surface area contributed by atoms with Crippen LogP contribution < -0.4 is 5.73 Å². The molecule has 0 aliphatic carbocycles. The summed E-state index contributed by atoms with van der Waals surface area (Å²) in [6.45, 7) is 3.71. The van der Waals surface area contributed by atoms with Crippen molar-refractivity contribution in [3.05, 3.63) is 24.3 Å². The zero-order valence-corrected chi connectivity index (χ0v) is 35.2. The SMILES string of the molecule is CCCCCCCC/C=C/CCCC/C=C\CCCC(=O)O[C@H](COC(=O)CCCCCCCCCCCCCCCCC)COP(=O)(O)OCCN. The molecule has 0 radical (unpaired) electrons. The average Bonchev–Trinajstić information content (AvgIpc) is 3.14. The van der Waals surface area contributed by atoms with Crippen LogP contribution in [-0.4, -0.2) is 49.3 Å². The molecule has 0 aromatic rings. The monoisotopic (exact) mass is 772 g/mol. The molecule has 0 rings (SSSR count). The Kier molecular flexibility index (Phi) is 39.0. The molecule has 3 N–H and O–H groups in total. The van der Waals surface area contributed by atoms with E-state index < -0.39 is 26.5 Å². The van der Waals surface area contributed by atoms with Crippen molar-refractivity contribution in [1.82, 2.24) is 0 Å². The molecule has 0 aliphatic rings. The Bertz CT molecular complexity index is 928. The van der Waals surface area contributed by atoms with Crippen LogP contribution in [0, 0.1) is 0 Å². The van der Waals surface area contributed by atoms with Crippen LogP contribution in [0.25, 0.3) is 0 Å². The molecule has 0 aromatic carbocycles. The molecule has 0 saturated heterocycles. The molecule has 0 aliphatic heterocycles. The summed E-state index contributed by atoms with van der Waals surface area (Å²) < 4.78 is 32.7. The molecule has 0 amide bonds. The molecular formula is C43H82NO8P. The van der Waals surface area contributed by atoms with Gasteiger partial charge in [0.2, 0.25) is 0 Å². The third-order valence-electron chi connectivity index (χ3n) is 9.31. The number of allylic oxidation sites excluding steroid dienone is 4. The maximum atomic E-state index is 12.6. The second-order valence-electron chi connectivity index (χ2n) is 14.6. The van der Waals surface area contributed by atoms with Crippen LogP contribution >= 0.6 is 7.82 Å². The van der Waals surface area contributed by atoms with Gasteiger partial charge in [0.1, 0.15) is 6.61 Å². The topological polar surface area (TPSA) is 134 Å². The van der Waals surface area contributed by atoms with Gasteiger partial charge < -0.3 is 20.1 Å². The van der Waals surface area contributed by atoms with E-state index in [1.807, 2.05) is 0 Å². The summed E-state index contributed by atoms with van der Waals surface area (Å²) in [4.78, 5) is 34.8. The summed E-state index contributed by atoms with van der Waals surface area (Å²) in [6, 6.07) is 0. The highest BCUT2D eigenvalue weighted by atomic mass is 31.2. The third kappa shape index (κ3) is 40.0. The van der Waals surface area contributed by atoms with Crippen molar-refractivity contribution < 1.29 is 37.6 Å². The molecule has 0 bridgehead atoms. The van der Waals surface area contributed by atoms with Gasteiger partial charge in [-0.1, -0.05) is 160 Å². The molecule has 0 saturated carbocycles. The van der Waals surface area contributed by atoms with E-state index in [0.717, 1.165) is 44.9 Å². The van der Waals surface area contributed by atoms with E-state index in [9.17, 15) is 19.0 Å². The maximum absolute atomic E-state index is 12.6. The number of carbonyl (C=O) groups excluding carboxylic acids is 2. The molecule has 0 spiro atoms. The lowest BCUT2D eigenvalue weighted by Crippen LogP contribution is -2.29. The fourth-order valence-corrected chi connectivity index (χ4v) is 6.81. The predicted molar refractivity (Wildman–Crippen MR) is 220 cm³/mol. The number of ether oxygens (including phenoxy) is 2. The van der Waals surface area contributed by atoms with Crippen molar-refractivity contribution >= 4 is 19.8 Å². The van der Waals surface area contributed by atoms with Crippen molar-refractivity contribution in [3.8, 4) is 0 Å². The number of rotatable bonds is 41. The van der Waals surface area contributed by atoms with Crippen molar-refractivity contribution in [2.24, 2.45) is 5.73 Å². The summed E-state index contributed by atoms with van der Waals surface area (Å²) in [7, 11) is -4.38. The number of phosphoric ester groups is 1. The largest absolute Gasteiger partial charge is 0.472 e. The minimum absolute atomic E-state index is 0.0500. The van der Waals surface area contributed by atoms with Gasteiger partial charge in [0, 0.05) is 19.4 Å². The number of carbonyl (C=O) groups is 2. The van der Waals surface area contributed by atoms with Gasteiger partial charge in [-0.3, -0.25) is 18.6 Å². The lowest BCUT2D eigenvalue weighted by Gasteiger charge is -2.19. The lowest BCUT2D eigenvalue weighted by atomic mass is 10.0. The number of phosphoric acid groups is 1. The molecule has 0 aromatic heterocycles. The number of esters is 2. The fraction of sp³-hybridized carbons (Fsp3) is 0.860. The Labute approximate surface area is 325 Å². The lowest BCUT2D eigenvalue weighted by molar-refractivity contribution is -0.161. The number of hydrogen-bond acceptors (Lipinski definition) is 8. The van der Waals surface area contributed by atoms with E-state index in [2.05, 4.69) is 38.2 Å². The van der Waals surface area contributed by atoms with Gasteiger partial charge in [-0.25, -0.2) is 4.57 Å². The van der Waals surface area contributed by atoms with Crippen molar-refractivity contribution in [1.29, 1.82) is 0 Å².